The lowest BCUT2D eigenvalue weighted by molar-refractivity contribution is 0.0697. The van der Waals surface area contributed by atoms with Gasteiger partial charge in [-0.05, 0) is 55.0 Å². The summed E-state index contributed by atoms with van der Waals surface area (Å²) in [4.78, 5) is 15.9. The van der Waals surface area contributed by atoms with Crippen molar-refractivity contribution in [1.29, 1.82) is 0 Å². The van der Waals surface area contributed by atoms with Gasteiger partial charge in [0.15, 0.2) is 0 Å². The fourth-order valence-corrected chi connectivity index (χ4v) is 3.85. The number of nitrogens with zero attached hydrogens (tertiary/aromatic N) is 2. The van der Waals surface area contributed by atoms with Crippen molar-refractivity contribution in [2.45, 2.75) is 13.0 Å². The summed E-state index contributed by atoms with van der Waals surface area (Å²) in [5, 5.41) is 9.21. The number of anilines is 1. The molecule has 1 heterocycles. The minimum atomic E-state index is -0.885. The van der Waals surface area contributed by atoms with Crippen molar-refractivity contribution >= 4 is 11.7 Å². The number of aromatic carboxylic acids is 1. The molecule has 0 bridgehead atoms. The molecule has 154 valence electrons. The Morgan fingerprint density at radius 3 is 2.20 bits per heavy atom. The molecule has 0 amide bonds. The molecule has 0 spiro atoms. The number of carbonyl (C=O) groups is 1. The van der Waals surface area contributed by atoms with Crippen molar-refractivity contribution in [2.75, 3.05) is 31.1 Å². The molecular formula is C25H26N2O3. The summed E-state index contributed by atoms with van der Waals surface area (Å²) in [6, 6.07) is 25.6. The van der Waals surface area contributed by atoms with E-state index in [0.717, 1.165) is 43.4 Å². The molecular weight excluding hydrogens is 376 g/mol. The first-order valence-electron chi connectivity index (χ1n) is 10.3. The van der Waals surface area contributed by atoms with Crippen LogP contribution in [0.4, 0.5) is 5.69 Å². The Morgan fingerprint density at radius 2 is 1.53 bits per heavy atom. The van der Waals surface area contributed by atoms with Crippen molar-refractivity contribution in [3.63, 3.8) is 0 Å². The Hall–Kier alpha value is -3.31. The quantitative estimate of drug-likeness (QED) is 0.625. The molecule has 1 saturated heterocycles. The first-order valence-corrected chi connectivity index (χ1v) is 10.3. The van der Waals surface area contributed by atoms with E-state index in [0.29, 0.717) is 11.6 Å². The predicted octanol–water partition coefficient (Wildman–Crippen LogP) is 5.06. The molecule has 5 nitrogen and oxygen atoms in total. The van der Waals surface area contributed by atoms with Gasteiger partial charge in [-0.2, -0.15) is 0 Å². The summed E-state index contributed by atoms with van der Waals surface area (Å²) >= 11 is 0. The monoisotopic (exact) mass is 402 g/mol. The lowest BCUT2D eigenvalue weighted by Gasteiger charge is -2.39. The Labute approximate surface area is 177 Å². The first-order chi connectivity index (χ1) is 14.6. The largest absolute Gasteiger partial charge is 0.478 e. The number of piperazine rings is 1. The zero-order valence-electron chi connectivity index (χ0n) is 17.1. The molecule has 3 aromatic rings. The third-order valence-corrected chi connectivity index (χ3v) is 5.66. The molecule has 0 aliphatic carbocycles. The average Bonchev–Trinajstić information content (AvgIpc) is 2.80. The Kier molecular flexibility index (Phi) is 6.00. The maximum absolute atomic E-state index is 11.2. The number of carboxylic acids is 1. The van der Waals surface area contributed by atoms with Gasteiger partial charge in [-0.25, -0.2) is 4.79 Å². The standard InChI is InChI=1S/C25H26N2O3/c1-19(20-10-12-24(13-11-20)30-23-8-3-2-4-9-23)26-14-16-27(17-15-26)22-7-5-6-21(18-22)25(28)29/h2-13,18-19H,14-17H2,1H3,(H,28,29). The van der Waals surface area contributed by atoms with Crippen LogP contribution in [0.1, 0.15) is 28.9 Å². The maximum Gasteiger partial charge on any atom is 0.335 e. The fourth-order valence-electron chi connectivity index (χ4n) is 3.85. The lowest BCUT2D eigenvalue weighted by Crippen LogP contribution is -2.47. The minimum absolute atomic E-state index is 0.309. The SMILES string of the molecule is CC(c1ccc(Oc2ccccc2)cc1)N1CCN(c2cccc(C(=O)O)c2)CC1. The molecule has 1 N–H and O–H groups in total. The van der Waals surface area contributed by atoms with E-state index in [1.807, 2.05) is 54.6 Å². The van der Waals surface area contributed by atoms with Gasteiger partial charge in [0, 0.05) is 37.9 Å². The van der Waals surface area contributed by atoms with Gasteiger partial charge in [0.25, 0.3) is 0 Å². The van der Waals surface area contributed by atoms with Crippen LogP contribution in [0.5, 0.6) is 11.5 Å². The van der Waals surface area contributed by atoms with E-state index in [1.54, 1.807) is 12.1 Å². The molecule has 1 aliphatic rings. The van der Waals surface area contributed by atoms with Crippen molar-refractivity contribution in [1.82, 2.24) is 4.90 Å². The zero-order valence-corrected chi connectivity index (χ0v) is 17.1. The average molecular weight is 402 g/mol. The van der Waals surface area contributed by atoms with Gasteiger partial charge in [-0.3, -0.25) is 4.90 Å². The second kappa shape index (κ2) is 9.01. The molecule has 30 heavy (non-hydrogen) atoms. The van der Waals surface area contributed by atoms with E-state index in [9.17, 15) is 9.90 Å². The number of para-hydroxylation sites is 1. The second-order valence-electron chi connectivity index (χ2n) is 7.54. The third kappa shape index (κ3) is 4.63. The smallest absolute Gasteiger partial charge is 0.335 e. The van der Waals surface area contributed by atoms with Crippen molar-refractivity contribution < 1.29 is 14.6 Å². The van der Waals surface area contributed by atoms with Crippen LogP contribution in [-0.2, 0) is 0 Å². The number of carboxylic acid groups (broad SMARTS) is 1. The van der Waals surface area contributed by atoms with Gasteiger partial charge in [0.2, 0.25) is 0 Å². The van der Waals surface area contributed by atoms with Gasteiger partial charge in [0.05, 0.1) is 5.56 Å². The van der Waals surface area contributed by atoms with Gasteiger partial charge >= 0.3 is 5.97 Å². The second-order valence-corrected chi connectivity index (χ2v) is 7.54. The number of hydrogen-bond acceptors (Lipinski definition) is 4. The number of rotatable bonds is 6. The van der Waals surface area contributed by atoms with Crippen LogP contribution in [0.25, 0.3) is 0 Å². The molecule has 1 unspecified atom stereocenters. The van der Waals surface area contributed by atoms with Crippen molar-refractivity contribution in [3.05, 3.63) is 90.0 Å². The van der Waals surface area contributed by atoms with Crippen LogP contribution < -0.4 is 9.64 Å². The summed E-state index contributed by atoms with van der Waals surface area (Å²) in [6.07, 6.45) is 0. The molecule has 0 radical (unpaired) electrons. The highest BCUT2D eigenvalue weighted by atomic mass is 16.5. The lowest BCUT2D eigenvalue weighted by atomic mass is 10.1. The molecule has 1 atom stereocenters. The number of benzene rings is 3. The summed E-state index contributed by atoms with van der Waals surface area (Å²) < 4.78 is 5.89. The van der Waals surface area contributed by atoms with E-state index < -0.39 is 5.97 Å². The Bertz CT molecular complexity index is 981. The molecule has 1 aliphatic heterocycles. The normalized spacial score (nSPS) is 15.6. The van der Waals surface area contributed by atoms with Gasteiger partial charge in [-0.1, -0.05) is 36.4 Å². The van der Waals surface area contributed by atoms with Crippen LogP contribution in [-0.4, -0.2) is 42.2 Å². The molecule has 4 rings (SSSR count). The summed E-state index contributed by atoms with van der Waals surface area (Å²) in [7, 11) is 0. The highest BCUT2D eigenvalue weighted by molar-refractivity contribution is 5.88. The predicted molar refractivity (Wildman–Crippen MR) is 119 cm³/mol. The topological polar surface area (TPSA) is 53.0 Å². The summed E-state index contributed by atoms with van der Waals surface area (Å²) in [5.41, 5.74) is 2.57. The van der Waals surface area contributed by atoms with E-state index in [1.165, 1.54) is 5.56 Å². The molecule has 3 aromatic carbocycles. The maximum atomic E-state index is 11.2. The van der Waals surface area contributed by atoms with Gasteiger partial charge < -0.3 is 14.7 Å². The number of ether oxygens (including phenoxy) is 1. The van der Waals surface area contributed by atoms with E-state index in [-0.39, 0.29) is 0 Å². The highest BCUT2D eigenvalue weighted by Gasteiger charge is 2.22. The van der Waals surface area contributed by atoms with Crippen LogP contribution >= 0.6 is 0 Å². The van der Waals surface area contributed by atoms with Crippen LogP contribution in [0.15, 0.2) is 78.9 Å². The minimum Gasteiger partial charge on any atom is -0.478 e. The van der Waals surface area contributed by atoms with Crippen molar-refractivity contribution in [2.24, 2.45) is 0 Å². The molecule has 0 aromatic heterocycles. The van der Waals surface area contributed by atoms with Crippen LogP contribution in [0.3, 0.4) is 0 Å². The fraction of sp³-hybridized carbons (Fsp3) is 0.240. The van der Waals surface area contributed by atoms with E-state index in [2.05, 4.69) is 28.9 Å². The van der Waals surface area contributed by atoms with Gasteiger partial charge in [-0.15, -0.1) is 0 Å². The van der Waals surface area contributed by atoms with Gasteiger partial charge in [0.1, 0.15) is 11.5 Å². The van der Waals surface area contributed by atoms with E-state index >= 15 is 0 Å². The first kappa shape index (κ1) is 20.0. The molecule has 0 saturated carbocycles. The zero-order chi connectivity index (χ0) is 20.9. The van der Waals surface area contributed by atoms with Crippen LogP contribution in [0, 0.1) is 0 Å². The third-order valence-electron chi connectivity index (χ3n) is 5.66. The van der Waals surface area contributed by atoms with Crippen LogP contribution in [0.2, 0.25) is 0 Å². The Morgan fingerprint density at radius 1 is 0.867 bits per heavy atom. The van der Waals surface area contributed by atoms with Crippen molar-refractivity contribution in [3.8, 4) is 11.5 Å². The summed E-state index contributed by atoms with van der Waals surface area (Å²) in [5.74, 6) is 0.783. The van der Waals surface area contributed by atoms with E-state index in [4.69, 9.17) is 4.74 Å². The number of hydrogen-bond donors (Lipinski definition) is 1. The summed E-state index contributed by atoms with van der Waals surface area (Å²) in [6.45, 7) is 5.85. The molecule has 1 fully saturated rings. The Balaban J connectivity index is 1.35. The molecule has 5 heteroatoms. The highest BCUT2D eigenvalue weighted by Crippen LogP contribution is 2.27.